The SMILES string of the molecule is CCOC(=O)c1c(C)[nH]c(C(=O)[C@@H](C)Nc2ccc(C)c(S(=O)(=O)NC)c2)c1C. The van der Waals surface area contributed by atoms with Gasteiger partial charge in [-0.05, 0) is 64.9 Å². The molecular weight excluding hydrogens is 394 g/mol. The van der Waals surface area contributed by atoms with Gasteiger partial charge < -0.3 is 15.0 Å². The van der Waals surface area contributed by atoms with E-state index in [-0.39, 0.29) is 17.3 Å². The third kappa shape index (κ3) is 4.68. The predicted molar refractivity (Wildman–Crippen MR) is 111 cm³/mol. The number of benzene rings is 1. The van der Waals surface area contributed by atoms with Crippen LogP contribution in [0.4, 0.5) is 5.69 Å². The van der Waals surface area contributed by atoms with E-state index in [1.54, 1.807) is 46.8 Å². The van der Waals surface area contributed by atoms with Crippen molar-refractivity contribution in [2.24, 2.45) is 0 Å². The molecule has 1 aromatic heterocycles. The summed E-state index contributed by atoms with van der Waals surface area (Å²) in [7, 11) is -2.27. The Labute approximate surface area is 171 Å². The summed E-state index contributed by atoms with van der Waals surface area (Å²) in [6.07, 6.45) is 0. The molecule has 8 nitrogen and oxygen atoms in total. The molecule has 29 heavy (non-hydrogen) atoms. The number of hydrogen-bond donors (Lipinski definition) is 3. The molecular formula is C20H27N3O5S. The van der Waals surface area contributed by atoms with Crippen molar-refractivity contribution in [2.75, 3.05) is 19.0 Å². The number of aryl methyl sites for hydroxylation is 2. The molecule has 0 fully saturated rings. The highest BCUT2D eigenvalue weighted by Crippen LogP contribution is 2.23. The lowest BCUT2D eigenvalue weighted by Gasteiger charge is -2.16. The number of H-pyrrole nitrogens is 1. The fraction of sp³-hybridized carbons (Fsp3) is 0.400. The van der Waals surface area contributed by atoms with Crippen molar-refractivity contribution >= 4 is 27.5 Å². The van der Waals surface area contributed by atoms with E-state index in [1.165, 1.54) is 13.1 Å². The highest BCUT2D eigenvalue weighted by Gasteiger charge is 2.26. The molecule has 0 saturated carbocycles. The van der Waals surface area contributed by atoms with Gasteiger partial charge in [0.2, 0.25) is 15.8 Å². The van der Waals surface area contributed by atoms with E-state index in [1.807, 2.05) is 0 Å². The van der Waals surface area contributed by atoms with Gasteiger partial charge in [-0.1, -0.05) is 6.07 Å². The number of esters is 1. The monoisotopic (exact) mass is 421 g/mol. The van der Waals surface area contributed by atoms with Crippen LogP contribution >= 0.6 is 0 Å². The van der Waals surface area contributed by atoms with Gasteiger partial charge in [0, 0.05) is 11.4 Å². The van der Waals surface area contributed by atoms with Gasteiger partial charge in [-0.15, -0.1) is 0 Å². The number of sulfonamides is 1. The van der Waals surface area contributed by atoms with Crippen molar-refractivity contribution in [3.05, 3.63) is 46.3 Å². The summed E-state index contributed by atoms with van der Waals surface area (Å²) in [5.74, 6) is -0.724. The van der Waals surface area contributed by atoms with Crippen LogP contribution in [0.1, 0.15) is 51.5 Å². The quantitative estimate of drug-likeness (QED) is 0.446. The molecule has 0 saturated heterocycles. The molecule has 1 aromatic carbocycles. The van der Waals surface area contributed by atoms with E-state index in [0.717, 1.165) is 0 Å². The summed E-state index contributed by atoms with van der Waals surface area (Å²) < 4.78 is 31.7. The maximum absolute atomic E-state index is 12.9. The molecule has 2 rings (SSSR count). The maximum Gasteiger partial charge on any atom is 0.340 e. The van der Waals surface area contributed by atoms with E-state index < -0.39 is 22.0 Å². The van der Waals surface area contributed by atoms with Crippen LogP contribution in [-0.4, -0.2) is 44.9 Å². The van der Waals surface area contributed by atoms with Gasteiger partial charge in [0.25, 0.3) is 0 Å². The Bertz CT molecular complexity index is 1040. The third-order valence-corrected chi connectivity index (χ3v) is 6.24. The third-order valence-electron chi connectivity index (χ3n) is 4.69. The second kappa shape index (κ2) is 8.79. The van der Waals surface area contributed by atoms with Crippen molar-refractivity contribution < 1.29 is 22.7 Å². The zero-order valence-electron chi connectivity index (χ0n) is 17.5. The van der Waals surface area contributed by atoms with Crippen LogP contribution in [0.25, 0.3) is 0 Å². The maximum atomic E-state index is 12.9. The lowest BCUT2D eigenvalue weighted by atomic mass is 10.0. The average molecular weight is 422 g/mol. The normalized spacial score (nSPS) is 12.5. The Kier molecular flexibility index (Phi) is 6.86. The van der Waals surface area contributed by atoms with Crippen molar-refractivity contribution in [1.29, 1.82) is 0 Å². The van der Waals surface area contributed by atoms with Gasteiger partial charge in [-0.2, -0.15) is 0 Å². The minimum absolute atomic E-state index is 0.140. The van der Waals surface area contributed by atoms with Crippen molar-refractivity contribution in [1.82, 2.24) is 9.71 Å². The van der Waals surface area contributed by atoms with Crippen LogP contribution in [-0.2, 0) is 14.8 Å². The predicted octanol–water partition coefficient (Wildman–Crippen LogP) is 2.71. The van der Waals surface area contributed by atoms with Gasteiger partial charge >= 0.3 is 5.97 Å². The second-order valence-electron chi connectivity index (χ2n) is 6.76. The zero-order chi connectivity index (χ0) is 21.9. The number of aromatic amines is 1. The highest BCUT2D eigenvalue weighted by atomic mass is 32.2. The lowest BCUT2D eigenvalue weighted by Crippen LogP contribution is -2.27. The summed E-state index contributed by atoms with van der Waals surface area (Å²) in [4.78, 5) is 28.2. The van der Waals surface area contributed by atoms with Crippen LogP contribution < -0.4 is 10.0 Å². The summed E-state index contributed by atoms with van der Waals surface area (Å²) in [5.41, 5.74) is 2.87. The molecule has 2 aromatic rings. The summed E-state index contributed by atoms with van der Waals surface area (Å²) >= 11 is 0. The average Bonchev–Trinajstić information content (AvgIpc) is 2.96. The van der Waals surface area contributed by atoms with Crippen LogP contribution in [0.2, 0.25) is 0 Å². The first-order valence-electron chi connectivity index (χ1n) is 9.24. The minimum Gasteiger partial charge on any atom is -0.462 e. The zero-order valence-corrected chi connectivity index (χ0v) is 18.3. The summed E-state index contributed by atoms with van der Waals surface area (Å²) in [5, 5.41) is 3.04. The molecule has 0 aliphatic carbocycles. The molecule has 0 aliphatic rings. The van der Waals surface area contributed by atoms with Gasteiger partial charge in [-0.3, -0.25) is 4.79 Å². The number of ketones is 1. The number of aromatic nitrogens is 1. The largest absolute Gasteiger partial charge is 0.462 e. The smallest absolute Gasteiger partial charge is 0.340 e. The number of carbonyl (C=O) groups excluding carboxylic acids is 2. The highest BCUT2D eigenvalue weighted by molar-refractivity contribution is 7.89. The van der Waals surface area contributed by atoms with E-state index >= 15 is 0 Å². The van der Waals surface area contributed by atoms with Crippen molar-refractivity contribution in [2.45, 2.75) is 45.6 Å². The Hall–Kier alpha value is -2.65. The molecule has 1 heterocycles. The Morgan fingerprint density at radius 2 is 1.86 bits per heavy atom. The second-order valence-corrected chi connectivity index (χ2v) is 8.62. The fourth-order valence-corrected chi connectivity index (χ4v) is 4.12. The van der Waals surface area contributed by atoms with Crippen LogP contribution in [0.5, 0.6) is 0 Å². The van der Waals surface area contributed by atoms with Gasteiger partial charge in [0.15, 0.2) is 0 Å². The number of carbonyl (C=O) groups is 2. The molecule has 1 atom stereocenters. The van der Waals surface area contributed by atoms with E-state index in [4.69, 9.17) is 4.74 Å². The van der Waals surface area contributed by atoms with Crippen molar-refractivity contribution in [3.8, 4) is 0 Å². The standard InChI is InChI=1S/C20H27N3O5S/c1-7-28-20(25)17-12(3)18(23-13(17)4)19(24)14(5)22-15-9-8-11(2)16(10-15)29(26,27)21-6/h8-10,14,21-23H,7H2,1-6H3/t14-/m1/s1. The molecule has 0 aliphatic heterocycles. The van der Waals surface area contributed by atoms with Gasteiger partial charge in [0.05, 0.1) is 28.8 Å². The lowest BCUT2D eigenvalue weighted by molar-refractivity contribution is 0.0525. The van der Waals surface area contributed by atoms with Gasteiger partial charge in [-0.25, -0.2) is 17.9 Å². The molecule has 0 bridgehead atoms. The first-order valence-corrected chi connectivity index (χ1v) is 10.7. The van der Waals surface area contributed by atoms with Gasteiger partial charge in [0.1, 0.15) is 0 Å². The minimum atomic E-state index is -3.62. The van der Waals surface area contributed by atoms with Crippen molar-refractivity contribution in [3.63, 3.8) is 0 Å². The Morgan fingerprint density at radius 3 is 2.45 bits per heavy atom. The number of nitrogens with one attached hydrogen (secondary N) is 3. The number of Topliss-reactive ketones (excluding diaryl/α,β-unsaturated/α-hetero) is 1. The molecule has 3 N–H and O–H groups in total. The first kappa shape index (κ1) is 22.6. The van der Waals surface area contributed by atoms with Crippen LogP contribution in [0, 0.1) is 20.8 Å². The first-order chi connectivity index (χ1) is 13.5. The summed E-state index contributed by atoms with van der Waals surface area (Å²) in [6.45, 7) is 8.74. The Morgan fingerprint density at radius 1 is 1.21 bits per heavy atom. The number of anilines is 1. The van der Waals surface area contributed by atoms with E-state index in [9.17, 15) is 18.0 Å². The molecule has 0 amide bonds. The molecule has 0 unspecified atom stereocenters. The molecule has 158 valence electrons. The molecule has 0 spiro atoms. The topological polar surface area (TPSA) is 117 Å². The molecule has 0 radical (unpaired) electrons. The number of rotatable bonds is 8. The van der Waals surface area contributed by atoms with E-state index in [2.05, 4.69) is 15.0 Å². The van der Waals surface area contributed by atoms with E-state index in [0.29, 0.717) is 33.8 Å². The fourth-order valence-electron chi connectivity index (χ4n) is 3.13. The molecule has 9 heteroatoms. The number of hydrogen-bond acceptors (Lipinski definition) is 6. The van der Waals surface area contributed by atoms with Crippen LogP contribution in [0.3, 0.4) is 0 Å². The Balaban J connectivity index is 2.30. The summed E-state index contributed by atoms with van der Waals surface area (Å²) in [6, 6.07) is 4.22. The van der Waals surface area contributed by atoms with Crippen LogP contribution in [0.15, 0.2) is 23.1 Å². The number of ether oxygens (including phenoxy) is 1.